The van der Waals surface area contributed by atoms with Gasteiger partial charge in [-0.2, -0.15) is 0 Å². The Bertz CT molecular complexity index is 474. The minimum absolute atomic E-state index is 0.102. The highest BCUT2D eigenvalue weighted by molar-refractivity contribution is 5.73. The molecule has 0 amide bonds. The number of nitrogens with two attached hydrogens (primary N) is 1. The van der Waals surface area contributed by atoms with E-state index in [-0.39, 0.29) is 6.10 Å². The topological polar surface area (TPSA) is 52.3 Å². The standard InChI is InChI=1S/C14H17NO2/c1-10(11-7-5-4-6-8-11)17-14(3)12(9-16)13(14,2)15/h4-8,10H,15H2,1-3H3. The van der Waals surface area contributed by atoms with Crippen LogP contribution in [0.5, 0.6) is 0 Å². The predicted octanol–water partition coefficient (Wildman–Crippen LogP) is 2.01. The lowest BCUT2D eigenvalue weighted by Crippen LogP contribution is -2.32. The van der Waals surface area contributed by atoms with Crippen molar-refractivity contribution in [3.63, 3.8) is 0 Å². The molecule has 0 aliphatic heterocycles. The van der Waals surface area contributed by atoms with Gasteiger partial charge in [0.25, 0.3) is 0 Å². The first-order valence-electron chi connectivity index (χ1n) is 5.71. The zero-order chi connectivity index (χ0) is 12.7. The summed E-state index contributed by atoms with van der Waals surface area (Å²) in [5.74, 6) is 1.89. The Kier molecular flexibility index (Phi) is 2.70. The van der Waals surface area contributed by atoms with Gasteiger partial charge < -0.3 is 10.5 Å². The van der Waals surface area contributed by atoms with Gasteiger partial charge in [0.05, 0.1) is 17.2 Å². The summed E-state index contributed by atoms with van der Waals surface area (Å²) in [7, 11) is 0. The molecule has 0 bridgehead atoms. The van der Waals surface area contributed by atoms with Crippen molar-refractivity contribution in [1.29, 1.82) is 0 Å². The van der Waals surface area contributed by atoms with E-state index >= 15 is 0 Å². The molecule has 3 atom stereocenters. The highest BCUT2D eigenvalue weighted by atomic mass is 16.5. The largest absolute Gasteiger partial charge is 0.360 e. The number of rotatable bonds is 3. The maximum Gasteiger partial charge on any atom is 0.128 e. The molecular formula is C14H17NO2. The van der Waals surface area contributed by atoms with Gasteiger partial charge in [-0.15, -0.1) is 0 Å². The lowest BCUT2D eigenvalue weighted by Gasteiger charge is -2.20. The van der Waals surface area contributed by atoms with Crippen LogP contribution in [0, 0.1) is 0 Å². The zero-order valence-electron chi connectivity index (χ0n) is 10.4. The van der Waals surface area contributed by atoms with Crippen molar-refractivity contribution in [1.82, 2.24) is 0 Å². The molecule has 1 aromatic rings. The van der Waals surface area contributed by atoms with Gasteiger partial charge in [-0.25, -0.2) is 4.79 Å². The quantitative estimate of drug-likeness (QED) is 0.810. The molecule has 1 saturated carbocycles. The van der Waals surface area contributed by atoms with Crippen molar-refractivity contribution >= 4 is 5.94 Å². The molecule has 0 radical (unpaired) electrons. The Balaban J connectivity index is 2.17. The Morgan fingerprint density at radius 1 is 1.29 bits per heavy atom. The number of hydrogen-bond donors (Lipinski definition) is 1. The van der Waals surface area contributed by atoms with Crippen molar-refractivity contribution in [3.8, 4) is 0 Å². The SMILES string of the molecule is CC(OC1(C)C(=C=O)C1(C)N)c1ccccc1. The molecule has 0 aromatic heterocycles. The van der Waals surface area contributed by atoms with Crippen molar-refractivity contribution in [2.75, 3.05) is 0 Å². The fraction of sp³-hybridized carbons (Fsp3) is 0.429. The van der Waals surface area contributed by atoms with Crippen LogP contribution in [0.15, 0.2) is 35.9 Å². The van der Waals surface area contributed by atoms with Crippen molar-refractivity contribution in [2.24, 2.45) is 5.73 Å². The maximum atomic E-state index is 10.8. The Hall–Kier alpha value is -1.41. The second-order valence-corrected chi connectivity index (χ2v) is 4.88. The summed E-state index contributed by atoms with van der Waals surface area (Å²) >= 11 is 0. The second kappa shape index (κ2) is 3.81. The first kappa shape index (κ1) is 12.1. The minimum atomic E-state index is -0.697. The molecule has 3 heteroatoms. The first-order chi connectivity index (χ1) is 7.93. The number of hydrogen-bond acceptors (Lipinski definition) is 3. The van der Waals surface area contributed by atoms with Crippen molar-refractivity contribution in [2.45, 2.75) is 38.0 Å². The van der Waals surface area contributed by atoms with Crippen LogP contribution in [0.1, 0.15) is 32.4 Å². The van der Waals surface area contributed by atoms with E-state index in [1.165, 1.54) is 0 Å². The number of carbonyl (C=O) groups excluding carboxylic acids is 1. The van der Waals surface area contributed by atoms with E-state index in [2.05, 4.69) is 0 Å². The third-order valence-electron chi connectivity index (χ3n) is 3.71. The molecule has 0 saturated heterocycles. The summed E-state index contributed by atoms with van der Waals surface area (Å²) in [6.45, 7) is 5.59. The number of ether oxygens (including phenoxy) is 1. The van der Waals surface area contributed by atoms with Gasteiger partial charge in [0, 0.05) is 0 Å². The smallest absolute Gasteiger partial charge is 0.128 e. The van der Waals surface area contributed by atoms with Gasteiger partial charge in [0.2, 0.25) is 0 Å². The summed E-state index contributed by atoms with van der Waals surface area (Å²) in [6, 6.07) is 9.87. The van der Waals surface area contributed by atoms with Gasteiger partial charge in [-0.05, 0) is 26.3 Å². The normalized spacial score (nSPS) is 33.1. The maximum absolute atomic E-state index is 10.8. The molecule has 2 N–H and O–H groups in total. The predicted molar refractivity (Wildman–Crippen MR) is 66.1 cm³/mol. The van der Waals surface area contributed by atoms with Crippen molar-refractivity contribution in [3.05, 3.63) is 41.5 Å². The molecule has 90 valence electrons. The van der Waals surface area contributed by atoms with E-state index in [0.717, 1.165) is 5.56 Å². The van der Waals surface area contributed by atoms with Crippen LogP contribution in [0.3, 0.4) is 0 Å². The molecule has 2 rings (SSSR count). The van der Waals surface area contributed by atoms with Crippen LogP contribution in [0.25, 0.3) is 0 Å². The van der Waals surface area contributed by atoms with E-state index in [4.69, 9.17) is 10.5 Å². The van der Waals surface area contributed by atoms with E-state index in [9.17, 15) is 4.79 Å². The molecule has 17 heavy (non-hydrogen) atoms. The number of benzene rings is 1. The molecule has 3 nitrogen and oxygen atoms in total. The van der Waals surface area contributed by atoms with Crippen LogP contribution in [0.2, 0.25) is 0 Å². The van der Waals surface area contributed by atoms with E-state index in [1.54, 1.807) is 6.92 Å². The first-order valence-corrected chi connectivity index (χ1v) is 5.71. The molecule has 0 heterocycles. The van der Waals surface area contributed by atoms with Crippen LogP contribution in [-0.4, -0.2) is 17.1 Å². The third kappa shape index (κ3) is 1.73. The molecule has 0 spiro atoms. The fourth-order valence-corrected chi connectivity index (χ4v) is 2.21. The molecule has 3 unspecified atom stereocenters. The highest BCUT2D eigenvalue weighted by Crippen LogP contribution is 2.54. The summed E-state index contributed by atoms with van der Waals surface area (Å²) in [4.78, 5) is 10.8. The van der Waals surface area contributed by atoms with Gasteiger partial charge in [-0.3, -0.25) is 0 Å². The average molecular weight is 231 g/mol. The molecule has 1 aliphatic carbocycles. The third-order valence-corrected chi connectivity index (χ3v) is 3.71. The lowest BCUT2D eigenvalue weighted by molar-refractivity contribution is -0.0168. The van der Waals surface area contributed by atoms with Gasteiger partial charge in [0.15, 0.2) is 0 Å². The van der Waals surface area contributed by atoms with E-state index < -0.39 is 11.1 Å². The lowest BCUT2D eigenvalue weighted by atomic mass is 10.1. The summed E-state index contributed by atoms with van der Waals surface area (Å²) < 4.78 is 5.93. The second-order valence-electron chi connectivity index (χ2n) is 4.88. The monoisotopic (exact) mass is 231 g/mol. The van der Waals surface area contributed by atoms with Gasteiger partial charge in [-0.1, -0.05) is 30.3 Å². The Labute approximate surface area is 101 Å². The zero-order valence-corrected chi connectivity index (χ0v) is 10.4. The fourth-order valence-electron chi connectivity index (χ4n) is 2.21. The highest BCUT2D eigenvalue weighted by Gasteiger charge is 2.68. The van der Waals surface area contributed by atoms with Crippen LogP contribution in [-0.2, 0) is 9.53 Å². The van der Waals surface area contributed by atoms with E-state index in [1.807, 2.05) is 50.1 Å². The molecule has 1 aromatic carbocycles. The van der Waals surface area contributed by atoms with Crippen molar-refractivity contribution < 1.29 is 9.53 Å². The Morgan fingerprint density at radius 2 is 1.88 bits per heavy atom. The molecular weight excluding hydrogens is 214 g/mol. The van der Waals surface area contributed by atoms with Crippen LogP contribution < -0.4 is 5.73 Å². The molecule has 1 aliphatic rings. The Morgan fingerprint density at radius 3 is 2.35 bits per heavy atom. The van der Waals surface area contributed by atoms with Crippen LogP contribution >= 0.6 is 0 Å². The summed E-state index contributed by atoms with van der Waals surface area (Å²) in [6.07, 6.45) is -0.102. The van der Waals surface area contributed by atoms with Gasteiger partial charge in [0.1, 0.15) is 11.5 Å². The summed E-state index contributed by atoms with van der Waals surface area (Å²) in [5, 5.41) is 0. The van der Waals surface area contributed by atoms with E-state index in [0.29, 0.717) is 5.57 Å². The minimum Gasteiger partial charge on any atom is -0.360 e. The summed E-state index contributed by atoms with van der Waals surface area (Å²) in [5.41, 5.74) is 6.19. The van der Waals surface area contributed by atoms with Crippen LogP contribution in [0.4, 0.5) is 0 Å². The molecule has 1 fully saturated rings. The average Bonchev–Trinajstić information content (AvgIpc) is 2.72. The van der Waals surface area contributed by atoms with Gasteiger partial charge >= 0.3 is 0 Å².